The number of methoxy groups -OCH3 is 1. The van der Waals surface area contributed by atoms with Gasteiger partial charge in [-0.15, -0.1) is 6.58 Å². The molecule has 2 aliphatic rings. The number of likely N-dealkylation sites (tertiary alicyclic amines) is 1. The third-order valence-electron chi connectivity index (χ3n) is 5.51. The number of carbonyl (C=O) groups excluding carboxylic acids is 2. The number of Topliss-reactive ketones (excluding diaryl/α,β-unsaturated/α-hetero) is 1. The molecule has 1 aromatic rings. The van der Waals surface area contributed by atoms with E-state index in [0.717, 1.165) is 5.69 Å². The standard InChI is InChI=1S/C20H26N2O3/c1-5-20(2,3)19-14(12-22-16(23)10-11-17(22)25-4)18(24)13-8-6-7-9-15(13)21-19/h5-9,14,17,19,21H,1,10-12H2,2-4H3/t14-,17+,19+/m1/s1. The first-order valence-electron chi connectivity index (χ1n) is 8.74. The van der Waals surface area contributed by atoms with Crippen LogP contribution in [0.25, 0.3) is 0 Å². The number of hydrogen-bond acceptors (Lipinski definition) is 4. The lowest BCUT2D eigenvalue weighted by Gasteiger charge is -2.43. The molecule has 1 aromatic carbocycles. The third kappa shape index (κ3) is 3.09. The first-order chi connectivity index (χ1) is 11.9. The Labute approximate surface area is 149 Å². The molecular formula is C20H26N2O3. The Kier molecular flexibility index (Phi) is 4.69. The van der Waals surface area contributed by atoms with Crippen molar-refractivity contribution in [3.8, 4) is 0 Å². The second-order valence-electron chi connectivity index (χ2n) is 7.44. The van der Waals surface area contributed by atoms with Gasteiger partial charge in [-0.3, -0.25) is 9.59 Å². The number of amides is 1. The molecule has 134 valence electrons. The van der Waals surface area contributed by atoms with Crippen molar-refractivity contribution in [3.63, 3.8) is 0 Å². The first kappa shape index (κ1) is 17.7. The zero-order valence-corrected chi connectivity index (χ0v) is 15.1. The molecule has 0 radical (unpaired) electrons. The molecule has 0 saturated carbocycles. The van der Waals surface area contributed by atoms with Crippen LogP contribution in [0.4, 0.5) is 5.69 Å². The summed E-state index contributed by atoms with van der Waals surface area (Å²) in [5.41, 5.74) is 1.23. The number of nitrogens with one attached hydrogen (secondary N) is 1. The highest BCUT2D eigenvalue weighted by molar-refractivity contribution is 6.05. The van der Waals surface area contributed by atoms with Crippen LogP contribution in [-0.2, 0) is 9.53 Å². The molecule has 1 saturated heterocycles. The SMILES string of the molecule is C=CC(C)(C)[C@H]1Nc2ccccc2C(=O)[C@H]1CN1C(=O)CC[C@@H]1OC. The van der Waals surface area contributed by atoms with Gasteiger partial charge in [-0.1, -0.05) is 32.1 Å². The highest BCUT2D eigenvalue weighted by Gasteiger charge is 2.45. The molecule has 25 heavy (non-hydrogen) atoms. The normalized spacial score (nSPS) is 26.4. The maximum absolute atomic E-state index is 13.2. The molecule has 1 amide bonds. The molecule has 3 rings (SSSR count). The smallest absolute Gasteiger partial charge is 0.224 e. The predicted molar refractivity (Wildman–Crippen MR) is 97.4 cm³/mol. The van der Waals surface area contributed by atoms with Crippen LogP contribution < -0.4 is 5.32 Å². The van der Waals surface area contributed by atoms with Crippen molar-refractivity contribution in [2.45, 2.75) is 39.0 Å². The first-order valence-corrected chi connectivity index (χ1v) is 8.74. The van der Waals surface area contributed by atoms with Gasteiger partial charge in [-0.2, -0.15) is 0 Å². The van der Waals surface area contributed by atoms with Crippen molar-refractivity contribution in [2.24, 2.45) is 11.3 Å². The minimum atomic E-state index is -0.345. The number of anilines is 1. The van der Waals surface area contributed by atoms with E-state index >= 15 is 0 Å². The molecule has 5 heteroatoms. The van der Waals surface area contributed by atoms with Gasteiger partial charge in [0.25, 0.3) is 0 Å². The van der Waals surface area contributed by atoms with Crippen molar-refractivity contribution in [2.75, 3.05) is 19.0 Å². The van der Waals surface area contributed by atoms with Crippen molar-refractivity contribution in [1.82, 2.24) is 4.90 Å². The molecule has 1 fully saturated rings. The van der Waals surface area contributed by atoms with Gasteiger partial charge in [0.1, 0.15) is 6.23 Å². The van der Waals surface area contributed by atoms with Crippen molar-refractivity contribution in [3.05, 3.63) is 42.5 Å². The average molecular weight is 342 g/mol. The molecule has 0 spiro atoms. The van der Waals surface area contributed by atoms with Gasteiger partial charge in [0.2, 0.25) is 5.91 Å². The maximum Gasteiger partial charge on any atom is 0.224 e. The lowest BCUT2D eigenvalue weighted by molar-refractivity contribution is -0.135. The summed E-state index contributed by atoms with van der Waals surface area (Å²) in [5.74, 6) is -0.222. The number of rotatable bonds is 5. The van der Waals surface area contributed by atoms with Crippen molar-refractivity contribution in [1.29, 1.82) is 0 Å². The average Bonchev–Trinajstić information content (AvgIpc) is 2.97. The summed E-state index contributed by atoms with van der Waals surface area (Å²) in [6.45, 7) is 8.43. The van der Waals surface area contributed by atoms with E-state index in [1.54, 1.807) is 12.0 Å². The molecule has 2 heterocycles. The van der Waals surface area contributed by atoms with Gasteiger partial charge < -0.3 is 15.0 Å². The maximum atomic E-state index is 13.2. The van der Waals surface area contributed by atoms with Crippen LogP contribution in [0, 0.1) is 11.3 Å². The van der Waals surface area contributed by atoms with Crippen LogP contribution in [0.3, 0.4) is 0 Å². The van der Waals surface area contributed by atoms with E-state index in [1.807, 2.05) is 30.3 Å². The van der Waals surface area contributed by atoms with Crippen LogP contribution in [0.2, 0.25) is 0 Å². The lowest BCUT2D eigenvalue weighted by Crippen LogP contribution is -2.53. The number of benzene rings is 1. The Morgan fingerprint density at radius 2 is 2.08 bits per heavy atom. The van der Waals surface area contributed by atoms with Gasteiger partial charge in [0, 0.05) is 49.2 Å². The van der Waals surface area contributed by atoms with E-state index < -0.39 is 0 Å². The van der Waals surface area contributed by atoms with Crippen LogP contribution >= 0.6 is 0 Å². The number of para-hydroxylation sites is 1. The third-order valence-corrected chi connectivity index (χ3v) is 5.51. The van der Waals surface area contributed by atoms with Crippen LogP contribution in [-0.4, -0.2) is 42.5 Å². The fraction of sp³-hybridized carbons (Fsp3) is 0.500. The number of hydrogen-bond donors (Lipinski definition) is 1. The van der Waals surface area contributed by atoms with Gasteiger partial charge in [-0.25, -0.2) is 0 Å². The van der Waals surface area contributed by atoms with Crippen molar-refractivity contribution < 1.29 is 14.3 Å². The molecular weight excluding hydrogens is 316 g/mol. The summed E-state index contributed by atoms with van der Waals surface area (Å²) < 4.78 is 5.44. The highest BCUT2D eigenvalue weighted by Crippen LogP contribution is 2.38. The number of ether oxygens (including phenoxy) is 1. The summed E-state index contributed by atoms with van der Waals surface area (Å²) in [6.07, 6.45) is 2.78. The van der Waals surface area contributed by atoms with E-state index in [2.05, 4.69) is 25.7 Å². The molecule has 0 aliphatic carbocycles. The van der Waals surface area contributed by atoms with Gasteiger partial charge in [-0.05, 0) is 12.1 Å². The second-order valence-corrected chi connectivity index (χ2v) is 7.44. The fourth-order valence-electron chi connectivity index (χ4n) is 3.85. The topological polar surface area (TPSA) is 58.6 Å². The number of carbonyl (C=O) groups is 2. The van der Waals surface area contributed by atoms with E-state index in [4.69, 9.17) is 4.74 Å². The van der Waals surface area contributed by atoms with E-state index in [-0.39, 0.29) is 35.3 Å². The summed E-state index contributed by atoms with van der Waals surface area (Å²) >= 11 is 0. The Hall–Kier alpha value is -2.14. The monoisotopic (exact) mass is 342 g/mol. The predicted octanol–water partition coefficient (Wildman–Crippen LogP) is 3.09. The van der Waals surface area contributed by atoms with Crippen LogP contribution in [0.1, 0.15) is 37.0 Å². The fourth-order valence-corrected chi connectivity index (χ4v) is 3.85. The van der Waals surface area contributed by atoms with Gasteiger partial charge in [0.15, 0.2) is 5.78 Å². The minimum absolute atomic E-state index is 0.0497. The molecule has 2 aliphatic heterocycles. The van der Waals surface area contributed by atoms with Crippen molar-refractivity contribution >= 4 is 17.4 Å². The van der Waals surface area contributed by atoms with E-state index in [9.17, 15) is 9.59 Å². The number of fused-ring (bicyclic) bond motifs is 1. The summed E-state index contributed by atoms with van der Waals surface area (Å²) in [4.78, 5) is 27.2. The Morgan fingerprint density at radius 1 is 1.36 bits per heavy atom. The quantitative estimate of drug-likeness (QED) is 0.836. The second kappa shape index (κ2) is 6.64. The lowest BCUT2D eigenvalue weighted by atomic mass is 9.72. The Bertz CT molecular complexity index is 698. The van der Waals surface area contributed by atoms with Crippen LogP contribution in [0.15, 0.2) is 36.9 Å². The molecule has 0 aromatic heterocycles. The molecule has 3 atom stereocenters. The highest BCUT2D eigenvalue weighted by atomic mass is 16.5. The van der Waals surface area contributed by atoms with Gasteiger partial charge >= 0.3 is 0 Å². The molecule has 1 N–H and O–H groups in total. The molecule has 5 nitrogen and oxygen atoms in total. The van der Waals surface area contributed by atoms with Gasteiger partial charge in [0.05, 0.1) is 5.92 Å². The number of ketones is 1. The summed E-state index contributed by atoms with van der Waals surface area (Å²) in [6, 6.07) is 7.41. The summed E-state index contributed by atoms with van der Waals surface area (Å²) in [5, 5.41) is 3.52. The van der Waals surface area contributed by atoms with E-state index in [0.29, 0.717) is 24.9 Å². The largest absolute Gasteiger partial charge is 0.380 e. The summed E-state index contributed by atoms with van der Waals surface area (Å²) in [7, 11) is 1.61. The number of nitrogens with zero attached hydrogens (tertiary/aromatic N) is 1. The zero-order chi connectivity index (χ0) is 18.2. The van der Waals surface area contributed by atoms with E-state index in [1.165, 1.54) is 0 Å². The Balaban J connectivity index is 1.97. The minimum Gasteiger partial charge on any atom is -0.380 e. The Morgan fingerprint density at radius 3 is 2.76 bits per heavy atom. The zero-order valence-electron chi connectivity index (χ0n) is 15.1. The molecule has 0 unspecified atom stereocenters. The van der Waals surface area contributed by atoms with Crippen LogP contribution in [0.5, 0.6) is 0 Å². The molecule has 0 bridgehead atoms.